The molecule has 226 valence electrons. The van der Waals surface area contributed by atoms with Crippen molar-refractivity contribution in [1.82, 2.24) is 29.6 Å². The number of para-hydroxylation sites is 1. The predicted molar refractivity (Wildman–Crippen MR) is 174 cm³/mol. The second-order valence-corrected chi connectivity index (χ2v) is 11.5. The molecule has 1 aliphatic heterocycles. The minimum atomic E-state index is -0.284. The van der Waals surface area contributed by atoms with E-state index in [0.29, 0.717) is 34.7 Å². The van der Waals surface area contributed by atoms with Crippen LogP contribution in [0.25, 0.3) is 33.6 Å². The molecule has 0 saturated carbocycles. The Kier molecular flexibility index (Phi) is 7.88. The summed E-state index contributed by atoms with van der Waals surface area (Å²) in [6.45, 7) is 10.0. The predicted octanol–water partition coefficient (Wildman–Crippen LogP) is 5.58. The van der Waals surface area contributed by atoms with Gasteiger partial charge in [0.15, 0.2) is 0 Å². The zero-order valence-corrected chi connectivity index (χ0v) is 25.8. The van der Waals surface area contributed by atoms with Crippen LogP contribution in [0.1, 0.15) is 23.4 Å². The van der Waals surface area contributed by atoms with Gasteiger partial charge < -0.3 is 29.4 Å². The summed E-state index contributed by atoms with van der Waals surface area (Å²) < 4.78 is 8.15. The molecule has 0 radical (unpaired) electrons. The monoisotopic (exact) mass is 591 g/mol. The molecule has 0 fully saturated rings. The molecular weight excluding hydrogens is 554 g/mol. The Hall–Kier alpha value is -5.03. The molecule has 1 aliphatic rings. The number of benzene rings is 2. The third-order valence-electron chi connectivity index (χ3n) is 7.95. The van der Waals surface area contributed by atoms with Crippen molar-refractivity contribution in [3.8, 4) is 22.7 Å². The van der Waals surface area contributed by atoms with Crippen LogP contribution < -0.4 is 15.5 Å². The van der Waals surface area contributed by atoms with Gasteiger partial charge in [0.2, 0.25) is 17.7 Å². The molecule has 0 atom stereocenters. The Bertz CT molecular complexity index is 1870. The molecule has 44 heavy (non-hydrogen) atoms. The van der Waals surface area contributed by atoms with E-state index in [-0.39, 0.29) is 5.91 Å². The van der Waals surface area contributed by atoms with Crippen LogP contribution >= 0.6 is 0 Å². The van der Waals surface area contributed by atoms with Crippen LogP contribution in [-0.4, -0.2) is 69.8 Å². The van der Waals surface area contributed by atoms with Crippen LogP contribution in [0.5, 0.6) is 0 Å². The van der Waals surface area contributed by atoms with Gasteiger partial charge in [-0.05, 0) is 63.2 Å². The first-order chi connectivity index (χ1) is 21.2. The van der Waals surface area contributed by atoms with Crippen molar-refractivity contribution in [2.24, 2.45) is 0 Å². The molecule has 0 saturated heterocycles. The van der Waals surface area contributed by atoms with Gasteiger partial charge in [-0.25, -0.2) is 9.97 Å². The van der Waals surface area contributed by atoms with Gasteiger partial charge in [-0.15, -0.1) is 10.2 Å². The van der Waals surface area contributed by atoms with Crippen molar-refractivity contribution in [2.75, 3.05) is 49.8 Å². The van der Waals surface area contributed by atoms with Crippen LogP contribution in [0.2, 0.25) is 0 Å². The fourth-order valence-electron chi connectivity index (χ4n) is 5.67. The average molecular weight is 592 g/mol. The van der Waals surface area contributed by atoms with Crippen LogP contribution in [0.4, 0.5) is 23.0 Å². The van der Waals surface area contributed by atoms with Gasteiger partial charge in [0.05, 0.1) is 28.1 Å². The van der Waals surface area contributed by atoms with Gasteiger partial charge in [0.1, 0.15) is 0 Å². The highest BCUT2D eigenvalue weighted by atomic mass is 16.4. The van der Waals surface area contributed by atoms with E-state index in [1.54, 1.807) is 13.1 Å². The maximum atomic E-state index is 12.4. The topological polar surface area (TPSA) is 117 Å². The number of likely N-dealkylation sites (N-methyl/N-ethyl adjacent to an activating group) is 2. The molecule has 2 aromatic carbocycles. The van der Waals surface area contributed by atoms with E-state index >= 15 is 0 Å². The molecule has 6 rings (SSSR count). The van der Waals surface area contributed by atoms with Gasteiger partial charge in [0.25, 0.3) is 5.89 Å². The summed E-state index contributed by atoms with van der Waals surface area (Å²) in [7, 11) is 6.09. The molecule has 11 heteroatoms. The Labute approximate surface area is 256 Å². The Morgan fingerprint density at radius 3 is 2.70 bits per heavy atom. The lowest BCUT2D eigenvalue weighted by atomic mass is 10.0. The summed E-state index contributed by atoms with van der Waals surface area (Å²) in [5, 5.41) is 15.8. The molecule has 2 N–H and O–H groups in total. The standard InChI is InChI=1S/C33H37N9O2/c1-7-29(43)35-27-17-26(20(2)16-28(27)41(6)15-14-40(4)5)36-33-34-18-24(32-39-38-21(3)44-32)30(37-33)25-19-42-13-9-11-22-10-8-12-23(25)31(22)42/h7-8,10,12,16-19H,1,9,11,13-15H2,2-6H3,(H,35,43)(H,34,36,37). The molecule has 4 heterocycles. The normalized spacial score (nSPS) is 12.5. The van der Waals surface area contributed by atoms with Crippen molar-refractivity contribution >= 4 is 39.8 Å². The van der Waals surface area contributed by atoms with E-state index in [9.17, 15) is 4.79 Å². The number of anilines is 4. The lowest BCUT2D eigenvalue weighted by molar-refractivity contribution is -0.111. The maximum absolute atomic E-state index is 12.4. The van der Waals surface area contributed by atoms with Crippen LogP contribution in [0, 0.1) is 13.8 Å². The average Bonchev–Trinajstić information content (AvgIpc) is 3.62. The lowest BCUT2D eigenvalue weighted by Gasteiger charge is -2.25. The summed E-state index contributed by atoms with van der Waals surface area (Å²) in [5.41, 5.74) is 8.23. The Morgan fingerprint density at radius 1 is 1.11 bits per heavy atom. The number of carbonyl (C=O) groups excluding carboxylic acids is 1. The van der Waals surface area contributed by atoms with Crippen molar-refractivity contribution in [2.45, 2.75) is 33.2 Å². The minimum absolute atomic E-state index is 0.284. The van der Waals surface area contributed by atoms with Gasteiger partial charge in [-0.3, -0.25) is 4.79 Å². The van der Waals surface area contributed by atoms with E-state index in [2.05, 4.69) is 77.2 Å². The minimum Gasteiger partial charge on any atom is -0.421 e. The third kappa shape index (κ3) is 5.66. The summed E-state index contributed by atoms with van der Waals surface area (Å²) in [5.74, 6) is 0.959. The van der Waals surface area contributed by atoms with Crippen molar-refractivity contribution in [1.29, 1.82) is 0 Å². The van der Waals surface area contributed by atoms with Crippen molar-refractivity contribution in [3.05, 3.63) is 72.4 Å². The number of aryl methyl sites for hydroxylation is 4. The zero-order valence-electron chi connectivity index (χ0n) is 25.8. The molecule has 0 unspecified atom stereocenters. The fraction of sp³-hybridized carbons (Fsp3) is 0.303. The largest absolute Gasteiger partial charge is 0.421 e. The number of rotatable bonds is 10. The van der Waals surface area contributed by atoms with Crippen molar-refractivity contribution < 1.29 is 9.21 Å². The van der Waals surface area contributed by atoms with Crippen LogP contribution in [0.3, 0.4) is 0 Å². The summed E-state index contributed by atoms with van der Waals surface area (Å²) in [4.78, 5) is 26.3. The quantitative estimate of drug-likeness (QED) is 0.201. The highest BCUT2D eigenvalue weighted by molar-refractivity contribution is 6.02. The third-order valence-corrected chi connectivity index (χ3v) is 7.95. The zero-order chi connectivity index (χ0) is 31.0. The summed E-state index contributed by atoms with van der Waals surface area (Å²) >= 11 is 0. The van der Waals surface area contributed by atoms with Gasteiger partial charge in [0, 0.05) is 62.6 Å². The van der Waals surface area contributed by atoms with Crippen LogP contribution in [0.15, 0.2) is 59.8 Å². The second-order valence-electron chi connectivity index (χ2n) is 11.5. The number of nitrogens with one attached hydrogen (secondary N) is 2. The molecule has 0 bridgehead atoms. The first kappa shape index (κ1) is 29.1. The number of carbonyl (C=O) groups is 1. The SMILES string of the molecule is C=CC(=O)Nc1cc(Nc2ncc(-c3nnc(C)o3)c(-c3cn4c5c(cccc35)CCC4)n2)c(C)cc1N(C)CCN(C)C. The van der Waals surface area contributed by atoms with Gasteiger partial charge in [-0.2, -0.15) is 0 Å². The molecule has 5 aromatic rings. The summed E-state index contributed by atoms with van der Waals surface area (Å²) in [6.07, 6.45) is 7.30. The number of aromatic nitrogens is 5. The van der Waals surface area contributed by atoms with E-state index in [0.717, 1.165) is 60.4 Å². The van der Waals surface area contributed by atoms with Gasteiger partial charge in [-0.1, -0.05) is 24.8 Å². The molecular formula is C33H37N9O2. The Morgan fingerprint density at radius 2 is 1.95 bits per heavy atom. The van der Waals surface area contributed by atoms with E-state index in [1.807, 2.05) is 34.1 Å². The molecule has 0 spiro atoms. The van der Waals surface area contributed by atoms with E-state index in [1.165, 1.54) is 17.2 Å². The molecule has 1 amide bonds. The number of hydrogen-bond donors (Lipinski definition) is 2. The first-order valence-corrected chi connectivity index (χ1v) is 14.7. The first-order valence-electron chi connectivity index (χ1n) is 14.7. The molecule has 0 aliphatic carbocycles. The smallest absolute Gasteiger partial charge is 0.251 e. The molecule has 11 nitrogen and oxygen atoms in total. The van der Waals surface area contributed by atoms with E-state index < -0.39 is 0 Å². The Balaban J connectivity index is 1.43. The van der Waals surface area contributed by atoms with Crippen LogP contribution in [-0.2, 0) is 17.8 Å². The van der Waals surface area contributed by atoms with Gasteiger partial charge >= 0.3 is 0 Å². The number of hydrogen-bond acceptors (Lipinski definition) is 9. The van der Waals surface area contributed by atoms with Crippen molar-refractivity contribution in [3.63, 3.8) is 0 Å². The number of nitrogens with zero attached hydrogens (tertiary/aromatic N) is 7. The fourth-order valence-corrected chi connectivity index (χ4v) is 5.67. The highest BCUT2D eigenvalue weighted by Gasteiger charge is 2.23. The summed E-state index contributed by atoms with van der Waals surface area (Å²) in [6, 6.07) is 10.4. The highest BCUT2D eigenvalue weighted by Crippen LogP contribution is 2.39. The second kappa shape index (κ2) is 11.9. The molecule has 3 aromatic heterocycles. The lowest BCUT2D eigenvalue weighted by Crippen LogP contribution is -2.29. The number of amides is 1. The van der Waals surface area contributed by atoms with E-state index in [4.69, 9.17) is 9.40 Å². The maximum Gasteiger partial charge on any atom is 0.251 e.